The third kappa shape index (κ3) is 2.62. The summed E-state index contributed by atoms with van der Waals surface area (Å²) in [6.45, 7) is 8.32. The monoisotopic (exact) mass is 256 g/mol. The second-order valence-corrected chi connectivity index (χ2v) is 6.37. The average molecular weight is 256 g/mol. The van der Waals surface area contributed by atoms with Crippen molar-refractivity contribution >= 4 is 6.09 Å². The molecule has 1 amide bonds. The molecule has 2 rings (SSSR count). The van der Waals surface area contributed by atoms with Gasteiger partial charge in [0, 0.05) is 31.7 Å². The lowest BCUT2D eigenvalue weighted by atomic mass is 9.77. The van der Waals surface area contributed by atoms with Crippen LogP contribution >= 0.6 is 0 Å². The number of piperidine rings is 1. The predicted molar refractivity (Wildman–Crippen MR) is 68.3 cm³/mol. The van der Waals surface area contributed by atoms with Crippen LogP contribution in [0, 0.1) is 5.41 Å². The molecule has 104 valence electrons. The molecule has 0 bridgehead atoms. The number of rotatable bonds is 1. The van der Waals surface area contributed by atoms with E-state index in [9.17, 15) is 4.79 Å². The fraction of sp³-hybridized carbons (Fsp3) is 0.923. The van der Waals surface area contributed by atoms with E-state index in [1.807, 2.05) is 20.8 Å². The Hall–Kier alpha value is -0.810. The van der Waals surface area contributed by atoms with Gasteiger partial charge >= 0.3 is 6.09 Å². The van der Waals surface area contributed by atoms with Crippen molar-refractivity contribution in [3.8, 4) is 0 Å². The molecule has 0 aromatic heterocycles. The summed E-state index contributed by atoms with van der Waals surface area (Å²) in [5.41, 5.74) is 5.40. The van der Waals surface area contributed by atoms with Gasteiger partial charge in [-0.2, -0.15) is 0 Å². The minimum Gasteiger partial charge on any atom is -0.444 e. The van der Waals surface area contributed by atoms with Crippen LogP contribution in [0.25, 0.3) is 0 Å². The van der Waals surface area contributed by atoms with Gasteiger partial charge in [-0.1, -0.05) is 0 Å². The van der Waals surface area contributed by atoms with Crippen molar-refractivity contribution in [2.24, 2.45) is 11.1 Å². The van der Waals surface area contributed by atoms with E-state index in [2.05, 4.69) is 0 Å². The van der Waals surface area contributed by atoms with E-state index in [1.54, 1.807) is 4.90 Å². The molecule has 2 heterocycles. The molecule has 0 saturated carbocycles. The zero-order valence-electron chi connectivity index (χ0n) is 11.6. The summed E-state index contributed by atoms with van der Waals surface area (Å²) in [5, 5.41) is 0. The molecule has 2 fully saturated rings. The molecule has 0 unspecified atom stereocenters. The molecule has 2 aliphatic heterocycles. The van der Waals surface area contributed by atoms with Crippen molar-refractivity contribution < 1.29 is 14.3 Å². The van der Waals surface area contributed by atoms with Gasteiger partial charge in [-0.25, -0.2) is 4.79 Å². The van der Waals surface area contributed by atoms with E-state index < -0.39 is 5.60 Å². The van der Waals surface area contributed by atoms with Crippen LogP contribution in [0.5, 0.6) is 0 Å². The van der Waals surface area contributed by atoms with Crippen molar-refractivity contribution in [3.05, 3.63) is 0 Å². The summed E-state index contributed by atoms with van der Waals surface area (Å²) in [4.78, 5) is 13.9. The minimum absolute atomic E-state index is 0.0604. The van der Waals surface area contributed by atoms with Crippen molar-refractivity contribution in [3.63, 3.8) is 0 Å². The molecule has 0 aromatic rings. The first-order valence-electron chi connectivity index (χ1n) is 6.66. The number of ether oxygens (including phenoxy) is 2. The zero-order valence-corrected chi connectivity index (χ0v) is 11.6. The number of hydrogen-bond donors (Lipinski definition) is 1. The van der Waals surface area contributed by atoms with E-state index in [0.717, 1.165) is 19.4 Å². The van der Waals surface area contributed by atoms with Gasteiger partial charge in [0.25, 0.3) is 0 Å². The third-order valence-electron chi connectivity index (χ3n) is 3.83. The highest BCUT2D eigenvalue weighted by Gasteiger charge is 2.48. The van der Waals surface area contributed by atoms with Crippen LogP contribution in [0.1, 0.15) is 33.6 Å². The average Bonchev–Trinajstić information content (AvgIpc) is 2.69. The lowest BCUT2D eigenvalue weighted by molar-refractivity contribution is -0.0296. The molecule has 2 saturated heterocycles. The standard InChI is InChI=1S/C13H24N2O3/c1-12(2,3)18-11(16)15-6-4-10-13(8-14,9-15)5-7-17-10/h10H,4-9,14H2,1-3H3/t10-,13-/m1/s1. The highest BCUT2D eigenvalue weighted by Crippen LogP contribution is 2.40. The number of nitrogens with two attached hydrogens (primary N) is 1. The molecule has 5 nitrogen and oxygen atoms in total. The van der Waals surface area contributed by atoms with Crippen molar-refractivity contribution in [1.82, 2.24) is 4.90 Å². The number of amides is 1. The van der Waals surface area contributed by atoms with Gasteiger partial charge < -0.3 is 20.1 Å². The van der Waals surface area contributed by atoms with Gasteiger partial charge in [-0.05, 0) is 33.6 Å². The lowest BCUT2D eigenvalue weighted by Gasteiger charge is -2.43. The maximum absolute atomic E-state index is 12.1. The van der Waals surface area contributed by atoms with Crippen LogP contribution in [-0.4, -0.2) is 48.9 Å². The zero-order chi connectivity index (χ0) is 13.4. The first kappa shape index (κ1) is 13.6. The summed E-state index contributed by atoms with van der Waals surface area (Å²) >= 11 is 0. The summed E-state index contributed by atoms with van der Waals surface area (Å²) in [7, 11) is 0. The quantitative estimate of drug-likeness (QED) is 0.769. The van der Waals surface area contributed by atoms with E-state index in [4.69, 9.17) is 15.2 Å². The fourth-order valence-electron chi connectivity index (χ4n) is 2.83. The van der Waals surface area contributed by atoms with Crippen molar-refractivity contribution in [1.29, 1.82) is 0 Å². The van der Waals surface area contributed by atoms with Crippen LogP contribution < -0.4 is 5.73 Å². The van der Waals surface area contributed by atoms with Crippen LogP contribution in [0.4, 0.5) is 4.79 Å². The number of fused-ring (bicyclic) bond motifs is 1. The fourth-order valence-corrected chi connectivity index (χ4v) is 2.83. The second-order valence-electron chi connectivity index (χ2n) is 6.37. The normalized spacial score (nSPS) is 32.2. The SMILES string of the molecule is CC(C)(C)OC(=O)N1CC[C@H]2OCC[C@@]2(CN)C1. The van der Waals surface area contributed by atoms with Crippen LogP contribution in [0.15, 0.2) is 0 Å². The first-order chi connectivity index (χ1) is 8.36. The van der Waals surface area contributed by atoms with E-state index in [1.165, 1.54) is 0 Å². The Bertz CT molecular complexity index is 327. The Morgan fingerprint density at radius 3 is 2.89 bits per heavy atom. The molecular formula is C13H24N2O3. The van der Waals surface area contributed by atoms with Gasteiger partial charge in [-0.15, -0.1) is 0 Å². The Balaban J connectivity index is 2.02. The molecule has 0 spiro atoms. The molecule has 2 atom stereocenters. The summed E-state index contributed by atoms with van der Waals surface area (Å²) in [6, 6.07) is 0. The van der Waals surface area contributed by atoms with E-state index in [0.29, 0.717) is 19.6 Å². The Morgan fingerprint density at radius 1 is 1.56 bits per heavy atom. The summed E-state index contributed by atoms with van der Waals surface area (Å²) in [5.74, 6) is 0. The van der Waals surface area contributed by atoms with E-state index in [-0.39, 0.29) is 17.6 Å². The van der Waals surface area contributed by atoms with E-state index >= 15 is 0 Å². The maximum Gasteiger partial charge on any atom is 0.410 e. The second kappa shape index (κ2) is 4.70. The van der Waals surface area contributed by atoms with Crippen LogP contribution in [0.2, 0.25) is 0 Å². The van der Waals surface area contributed by atoms with Crippen molar-refractivity contribution in [2.75, 3.05) is 26.2 Å². The Kier molecular flexibility index (Phi) is 3.56. The Morgan fingerprint density at radius 2 is 2.28 bits per heavy atom. The Labute approximate surface area is 109 Å². The number of hydrogen-bond acceptors (Lipinski definition) is 4. The van der Waals surface area contributed by atoms with Crippen LogP contribution in [-0.2, 0) is 9.47 Å². The largest absolute Gasteiger partial charge is 0.444 e. The molecule has 0 aromatic carbocycles. The molecule has 0 aliphatic carbocycles. The smallest absolute Gasteiger partial charge is 0.410 e. The molecule has 5 heteroatoms. The summed E-state index contributed by atoms with van der Waals surface area (Å²) < 4.78 is 11.1. The maximum atomic E-state index is 12.1. The number of likely N-dealkylation sites (tertiary alicyclic amines) is 1. The number of carbonyl (C=O) groups excluding carboxylic acids is 1. The third-order valence-corrected chi connectivity index (χ3v) is 3.83. The van der Waals surface area contributed by atoms with Gasteiger partial charge in [0.1, 0.15) is 5.60 Å². The van der Waals surface area contributed by atoms with Gasteiger partial charge in [0.2, 0.25) is 0 Å². The lowest BCUT2D eigenvalue weighted by Crippen LogP contribution is -2.55. The molecule has 2 aliphatic rings. The summed E-state index contributed by atoms with van der Waals surface area (Å²) in [6.07, 6.45) is 1.77. The molecule has 18 heavy (non-hydrogen) atoms. The van der Waals surface area contributed by atoms with Gasteiger partial charge in [0.05, 0.1) is 6.10 Å². The van der Waals surface area contributed by atoms with Crippen molar-refractivity contribution in [2.45, 2.75) is 45.3 Å². The predicted octanol–water partition coefficient (Wildman–Crippen LogP) is 1.36. The molecule has 0 radical (unpaired) electrons. The van der Waals surface area contributed by atoms with Gasteiger partial charge in [0.15, 0.2) is 0 Å². The molecule has 2 N–H and O–H groups in total. The number of nitrogens with zero attached hydrogens (tertiary/aromatic N) is 1. The number of carbonyl (C=O) groups is 1. The molecular weight excluding hydrogens is 232 g/mol. The van der Waals surface area contributed by atoms with Gasteiger partial charge in [-0.3, -0.25) is 0 Å². The highest BCUT2D eigenvalue weighted by molar-refractivity contribution is 5.68. The first-order valence-corrected chi connectivity index (χ1v) is 6.66. The minimum atomic E-state index is -0.448. The van der Waals surface area contributed by atoms with Crippen LogP contribution in [0.3, 0.4) is 0 Å². The highest BCUT2D eigenvalue weighted by atomic mass is 16.6. The topological polar surface area (TPSA) is 64.8 Å².